The lowest BCUT2D eigenvalue weighted by Gasteiger charge is -2.34. The number of H-pyrrole nitrogens is 1. The summed E-state index contributed by atoms with van der Waals surface area (Å²) in [6.45, 7) is 6.01. The molecule has 1 aliphatic heterocycles. The summed E-state index contributed by atoms with van der Waals surface area (Å²) in [6, 6.07) is 6.60. The molecule has 1 aromatic heterocycles. The Morgan fingerprint density at radius 3 is 2.11 bits per heavy atom. The molecule has 9 nitrogen and oxygen atoms in total. The second-order valence-corrected chi connectivity index (χ2v) is 8.67. The first-order valence-corrected chi connectivity index (χ1v) is 11.2. The number of nitrogens with zero attached hydrogens (tertiary/aromatic N) is 2. The van der Waals surface area contributed by atoms with Crippen LogP contribution in [0.15, 0.2) is 30.5 Å². The van der Waals surface area contributed by atoms with Crippen LogP contribution in [0, 0.1) is 0 Å². The highest BCUT2D eigenvalue weighted by Crippen LogP contribution is 2.44. The zero-order chi connectivity index (χ0) is 24.0. The molecule has 1 fully saturated rings. The maximum Gasteiger partial charge on any atom is 0.302 e. The average Bonchev–Trinajstić information content (AvgIpc) is 3.25. The zero-order valence-electron chi connectivity index (χ0n) is 19.2. The molecule has 0 bridgehead atoms. The van der Waals surface area contributed by atoms with Crippen LogP contribution < -0.4 is 0 Å². The fourth-order valence-corrected chi connectivity index (χ4v) is 4.85. The number of aromatic hydroxyl groups is 2. The predicted octanol–water partition coefficient (Wildman–Crippen LogP) is 2.46. The number of phenols is 2. The number of halogens is 1. The van der Waals surface area contributed by atoms with E-state index in [0.29, 0.717) is 36.0 Å². The number of fused-ring (bicyclic) bond motifs is 3. The molecule has 0 amide bonds. The van der Waals surface area contributed by atoms with E-state index < -0.39 is 11.6 Å². The molecule has 35 heavy (non-hydrogen) atoms. The second-order valence-electron chi connectivity index (χ2n) is 8.67. The van der Waals surface area contributed by atoms with Crippen molar-refractivity contribution in [1.29, 1.82) is 0 Å². The van der Waals surface area contributed by atoms with Gasteiger partial charge in [-0.3, -0.25) is 24.2 Å². The van der Waals surface area contributed by atoms with Crippen LogP contribution in [0.5, 0.6) is 11.5 Å². The molecule has 0 radical (unpaired) electrons. The standard InChI is InChI=1S/C25H25N3O6.ClH/c1-14(29)34-11-10-27-6-8-28(9-7-27)13-15-12-26-21-18(15)24(32)19-20(25(21)33)23(31)17-5-3-2-4-16(17)22(19)30;/h2-5,12,26,30-31H,6-11,13H2,1H3;1H. The normalized spacial score (nSPS) is 16.0. The monoisotopic (exact) mass is 499 g/mol. The first-order chi connectivity index (χ1) is 16.4. The molecule has 5 rings (SSSR count). The third-order valence-corrected chi connectivity index (χ3v) is 6.60. The van der Waals surface area contributed by atoms with Crippen LogP contribution in [-0.4, -0.2) is 81.9 Å². The Hall–Kier alpha value is -3.40. The molecule has 2 heterocycles. The van der Waals surface area contributed by atoms with Gasteiger partial charge in [-0.1, -0.05) is 24.3 Å². The molecule has 3 N–H and O–H groups in total. The number of nitrogens with one attached hydrogen (secondary N) is 1. The number of piperazine rings is 1. The van der Waals surface area contributed by atoms with Crippen LogP contribution in [0.25, 0.3) is 10.8 Å². The third kappa shape index (κ3) is 4.27. The van der Waals surface area contributed by atoms with Crippen molar-refractivity contribution >= 4 is 40.7 Å². The SMILES string of the molecule is CC(=O)OCCN1CCN(Cc2c[nH]c3c2C(=O)c2c(c(O)c4ccccc4c2O)C3=O)CC1.Cl. The van der Waals surface area contributed by atoms with E-state index in [2.05, 4.69) is 14.8 Å². The van der Waals surface area contributed by atoms with Gasteiger partial charge in [0, 0.05) is 63.2 Å². The van der Waals surface area contributed by atoms with Crippen molar-refractivity contribution in [3.05, 3.63) is 58.4 Å². The lowest BCUT2D eigenvalue weighted by Crippen LogP contribution is -2.47. The number of ketones is 2. The molecule has 1 saturated heterocycles. The summed E-state index contributed by atoms with van der Waals surface area (Å²) in [5.41, 5.74) is 0.755. The molecule has 184 valence electrons. The van der Waals surface area contributed by atoms with Crippen LogP contribution in [-0.2, 0) is 16.1 Å². The summed E-state index contributed by atoms with van der Waals surface area (Å²) < 4.78 is 5.01. The predicted molar refractivity (Wildman–Crippen MR) is 131 cm³/mol. The lowest BCUT2D eigenvalue weighted by atomic mass is 9.83. The number of esters is 1. The van der Waals surface area contributed by atoms with E-state index in [1.54, 1.807) is 30.5 Å². The van der Waals surface area contributed by atoms with Crippen LogP contribution in [0.3, 0.4) is 0 Å². The van der Waals surface area contributed by atoms with Crippen LogP contribution in [0.2, 0.25) is 0 Å². The Morgan fingerprint density at radius 1 is 0.943 bits per heavy atom. The van der Waals surface area contributed by atoms with E-state index in [1.807, 2.05) is 0 Å². The summed E-state index contributed by atoms with van der Waals surface area (Å²) in [6.07, 6.45) is 1.66. The van der Waals surface area contributed by atoms with Crippen LogP contribution in [0.4, 0.5) is 0 Å². The van der Waals surface area contributed by atoms with E-state index in [4.69, 9.17) is 4.74 Å². The number of phenolic OH excluding ortho intramolecular Hbond substituents is 2. The smallest absolute Gasteiger partial charge is 0.302 e. The molecule has 2 aliphatic rings. The zero-order valence-corrected chi connectivity index (χ0v) is 20.0. The molecular weight excluding hydrogens is 474 g/mol. The van der Waals surface area contributed by atoms with Crippen molar-refractivity contribution in [3.8, 4) is 11.5 Å². The molecule has 3 aromatic rings. The van der Waals surface area contributed by atoms with Gasteiger partial charge in [0.15, 0.2) is 5.78 Å². The molecule has 0 saturated carbocycles. The Morgan fingerprint density at radius 2 is 1.51 bits per heavy atom. The van der Waals surface area contributed by atoms with E-state index in [0.717, 1.165) is 26.2 Å². The van der Waals surface area contributed by atoms with Gasteiger partial charge in [-0.25, -0.2) is 0 Å². The first-order valence-electron chi connectivity index (χ1n) is 11.2. The summed E-state index contributed by atoms with van der Waals surface area (Å²) in [5.74, 6) is -1.86. The largest absolute Gasteiger partial charge is 0.506 e. The number of carbonyl (C=O) groups excluding carboxylic acids is 3. The highest BCUT2D eigenvalue weighted by atomic mass is 35.5. The van der Waals surface area contributed by atoms with Crippen molar-refractivity contribution in [2.45, 2.75) is 13.5 Å². The first kappa shape index (κ1) is 24.7. The Kier molecular flexibility index (Phi) is 6.84. The summed E-state index contributed by atoms with van der Waals surface area (Å²) >= 11 is 0. The van der Waals surface area contributed by atoms with Gasteiger partial charge >= 0.3 is 5.97 Å². The third-order valence-electron chi connectivity index (χ3n) is 6.60. The number of hydrogen-bond donors (Lipinski definition) is 3. The van der Waals surface area contributed by atoms with Gasteiger partial charge in [0.05, 0.1) is 22.4 Å². The Balaban J connectivity index is 0.00000289. The van der Waals surface area contributed by atoms with E-state index in [9.17, 15) is 24.6 Å². The average molecular weight is 500 g/mol. The van der Waals surface area contributed by atoms with Crippen molar-refractivity contribution in [2.24, 2.45) is 0 Å². The van der Waals surface area contributed by atoms with Gasteiger partial charge in [-0.05, 0) is 5.56 Å². The fourth-order valence-electron chi connectivity index (χ4n) is 4.85. The fraction of sp³-hybridized carbons (Fsp3) is 0.320. The van der Waals surface area contributed by atoms with Gasteiger partial charge in [0.2, 0.25) is 5.78 Å². The second kappa shape index (κ2) is 9.69. The summed E-state index contributed by atoms with van der Waals surface area (Å²) in [4.78, 5) is 45.0. The molecule has 10 heteroatoms. The number of carbonyl (C=O) groups is 3. The van der Waals surface area contributed by atoms with Gasteiger partial charge in [0.25, 0.3) is 0 Å². The quantitative estimate of drug-likeness (QED) is 0.282. The number of ether oxygens (including phenoxy) is 1. The van der Waals surface area contributed by atoms with E-state index in [1.165, 1.54) is 6.92 Å². The molecule has 0 atom stereocenters. The minimum absolute atomic E-state index is 0. The van der Waals surface area contributed by atoms with Crippen molar-refractivity contribution in [1.82, 2.24) is 14.8 Å². The summed E-state index contributed by atoms with van der Waals surface area (Å²) in [7, 11) is 0. The van der Waals surface area contributed by atoms with Gasteiger partial charge in [-0.15, -0.1) is 12.4 Å². The maximum absolute atomic E-state index is 13.5. The maximum atomic E-state index is 13.5. The minimum Gasteiger partial charge on any atom is -0.506 e. The number of benzene rings is 2. The highest BCUT2D eigenvalue weighted by molar-refractivity contribution is 6.32. The van der Waals surface area contributed by atoms with Gasteiger partial charge < -0.3 is 19.9 Å². The van der Waals surface area contributed by atoms with Crippen LogP contribution >= 0.6 is 12.4 Å². The molecule has 2 aromatic carbocycles. The Bertz CT molecular complexity index is 1330. The molecule has 0 unspecified atom stereocenters. The van der Waals surface area contributed by atoms with Crippen molar-refractivity contribution in [3.63, 3.8) is 0 Å². The van der Waals surface area contributed by atoms with Gasteiger partial charge in [0.1, 0.15) is 18.1 Å². The van der Waals surface area contributed by atoms with E-state index in [-0.39, 0.29) is 52.3 Å². The topological polar surface area (TPSA) is 123 Å². The van der Waals surface area contributed by atoms with Gasteiger partial charge in [-0.2, -0.15) is 0 Å². The summed E-state index contributed by atoms with van der Waals surface area (Å²) in [5, 5.41) is 22.3. The highest BCUT2D eigenvalue weighted by Gasteiger charge is 2.39. The minimum atomic E-state index is -0.510. The molecular formula is C25H26ClN3O6. The Labute approximate surface area is 207 Å². The number of rotatable bonds is 5. The molecule has 0 spiro atoms. The van der Waals surface area contributed by atoms with Crippen LogP contribution in [0.1, 0.15) is 44.5 Å². The number of hydrogen-bond acceptors (Lipinski definition) is 8. The lowest BCUT2D eigenvalue weighted by molar-refractivity contribution is -0.141. The number of aromatic nitrogens is 1. The molecule has 1 aliphatic carbocycles. The van der Waals surface area contributed by atoms with E-state index >= 15 is 0 Å². The van der Waals surface area contributed by atoms with Crippen molar-refractivity contribution < 1.29 is 29.3 Å². The number of aromatic amines is 1. The van der Waals surface area contributed by atoms with Crippen molar-refractivity contribution in [2.75, 3.05) is 39.3 Å².